The Balaban J connectivity index is 1.47. The Morgan fingerprint density at radius 3 is 2.68 bits per heavy atom. The van der Waals surface area contributed by atoms with Crippen LogP contribution in [0.5, 0.6) is 0 Å². The number of carbonyl (C=O) groups is 1. The first-order chi connectivity index (χ1) is 12.2. The molecule has 1 saturated carbocycles. The summed E-state index contributed by atoms with van der Waals surface area (Å²) in [7, 11) is 0. The number of carbonyl (C=O) groups excluding carboxylic acids is 1. The van der Waals surface area contributed by atoms with Gasteiger partial charge in [-0.3, -0.25) is 4.79 Å². The van der Waals surface area contributed by atoms with Crippen molar-refractivity contribution in [3.05, 3.63) is 12.2 Å². The fourth-order valence-electron chi connectivity index (χ4n) is 4.38. The molecule has 0 unspecified atom stereocenters. The molecule has 0 radical (unpaired) electrons. The third kappa shape index (κ3) is 4.81. The minimum Gasteiger partial charge on any atom is -0.346 e. The Bertz CT molecular complexity index is 544. The molecule has 1 N–H and O–H groups in total. The maximum absolute atomic E-state index is 12.5. The Morgan fingerprint density at radius 2 is 2.00 bits per heavy atom. The second kappa shape index (κ2) is 8.79. The summed E-state index contributed by atoms with van der Waals surface area (Å²) in [6.45, 7) is 7.71. The largest absolute Gasteiger partial charge is 0.346 e. The van der Waals surface area contributed by atoms with Crippen LogP contribution < -0.4 is 5.32 Å². The SMILES string of the molecule is CCCN1CCC(CC(=O)N[C@H](C)c2nncn2C2CCCC2)CC1. The number of nitrogens with zero attached hydrogens (tertiary/aromatic N) is 4. The van der Waals surface area contributed by atoms with Crippen LogP contribution in [0.15, 0.2) is 6.33 Å². The van der Waals surface area contributed by atoms with Crippen LogP contribution in [-0.4, -0.2) is 45.2 Å². The summed E-state index contributed by atoms with van der Waals surface area (Å²) in [6, 6.07) is 0.433. The van der Waals surface area contributed by atoms with E-state index in [9.17, 15) is 4.79 Å². The summed E-state index contributed by atoms with van der Waals surface area (Å²) in [5, 5.41) is 11.5. The maximum Gasteiger partial charge on any atom is 0.220 e. The first-order valence-corrected chi connectivity index (χ1v) is 10.1. The number of hydrogen-bond donors (Lipinski definition) is 1. The molecule has 1 aromatic rings. The van der Waals surface area contributed by atoms with E-state index in [-0.39, 0.29) is 11.9 Å². The van der Waals surface area contributed by atoms with Gasteiger partial charge in [0, 0.05) is 12.5 Å². The molecule has 1 aromatic heterocycles. The Labute approximate surface area is 151 Å². The summed E-state index contributed by atoms with van der Waals surface area (Å²) in [4.78, 5) is 15.0. The van der Waals surface area contributed by atoms with Crippen molar-refractivity contribution < 1.29 is 4.79 Å². The van der Waals surface area contributed by atoms with Gasteiger partial charge in [0.15, 0.2) is 5.82 Å². The number of piperidine rings is 1. The van der Waals surface area contributed by atoms with E-state index in [4.69, 9.17) is 0 Å². The summed E-state index contributed by atoms with van der Waals surface area (Å²) in [5.41, 5.74) is 0. The van der Waals surface area contributed by atoms with E-state index < -0.39 is 0 Å². The molecule has 6 heteroatoms. The smallest absolute Gasteiger partial charge is 0.220 e. The first-order valence-electron chi connectivity index (χ1n) is 10.1. The number of nitrogens with one attached hydrogen (secondary N) is 1. The van der Waals surface area contributed by atoms with Crippen LogP contribution >= 0.6 is 0 Å². The lowest BCUT2D eigenvalue weighted by molar-refractivity contribution is -0.123. The molecule has 2 heterocycles. The van der Waals surface area contributed by atoms with Gasteiger partial charge in [-0.2, -0.15) is 0 Å². The van der Waals surface area contributed by atoms with Crippen LogP contribution in [0.1, 0.15) is 83.1 Å². The molecule has 140 valence electrons. The number of aromatic nitrogens is 3. The van der Waals surface area contributed by atoms with Crippen LogP contribution in [0.25, 0.3) is 0 Å². The predicted molar refractivity (Wildman–Crippen MR) is 98.2 cm³/mol. The van der Waals surface area contributed by atoms with Gasteiger partial charge in [0.1, 0.15) is 6.33 Å². The van der Waals surface area contributed by atoms with E-state index >= 15 is 0 Å². The van der Waals surface area contributed by atoms with Crippen molar-refractivity contribution in [2.75, 3.05) is 19.6 Å². The van der Waals surface area contributed by atoms with Crippen molar-refractivity contribution >= 4 is 5.91 Å². The average Bonchev–Trinajstić information content (AvgIpc) is 3.28. The Kier molecular flexibility index (Phi) is 6.45. The fourth-order valence-corrected chi connectivity index (χ4v) is 4.38. The molecule has 1 amide bonds. The zero-order chi connectivity index (χ0) is 17.6. The Hall–Kier alpha value is -1.43. The second-order valence-electron chi connectivity index (χ2n) is 7.81. The third-order valence-corrected chi connectivity index (χ3v) is 5.80. The van der Waals surface area contributed by atoms with E-state index in [2.05, 4.69) is 31.9 Å². The lowest BCUT2D eigenvalue weighted by atomic mass is 9.93. The highest BCUT2D eigenvalue weighted by atomic mass is 16.1. The second-order valence-corrected chi connectivity index (χ2v) is 7.81. The van der Waals surface area contributed by atoms with Gasteiger partial charge in [-0.1, -0.05) is 19.8 Å². The van der Waals surface area contributed by atoms with Gasteiger partial charge in [-0.25, -0.2) is 0 Å². The summed E-state index contributed by atoms with van der Waals surface area (Å²) >= 11 is 0. The lowest BCUT2D eigenvalue weighted by Crippen LogP contribution is -2.37. The van der Waals surface area contributed by atoms with Crippen LogP contribution in [0.2, 0.25) is 0 Å². The summed E-state index contributed by atoms with van der Waals surface area (Å²) in [5.74, 6) is 1.58. The van der Waals surface area contributed by atoms with Crippen molar-refractivity contribution in [2.24, 2.45) is 5.92 Å². The van der Waals surface area contributed by atoms with Crippen LogP contribution in [0.4, 0.5) is 0 Å². The highest BCUT2D eigenvalue weighted by Crippen LogP contribution is 2.31. The molecule has 1 aliphatic heterocycles. The van der Waals surface area contributed by atoms with E-state index in [1.165, 1.54) is 38.6 Å². The standard InChI is InChI=1S/C19H33N5O/c1-3-10-23-11-8-16(9-12-23)13-18(25)21-15(2)19-22-20-14-24(19)17-6-4-5-7-17/h14-17H,3-13H2,1-2H3,(H,21,25)/t15-/m1/s1. The van der Waals surface area contributed by atoms with Gasteiger partial charge in [0.05, 0.1) is 6.04 Å². The van der Waals surface area contributed by atoms with Gasteiger partial charge < -0.3 is 14.8 Å². The topological polar surface area (TPSA) is 63.1 Å². The molecule has 0 bridgehead atoms. The van der Waals surface area contributed by atoms with Crippen LogP contribution in [0, 0.1) is 5.92 Å². The molecule has 1 atom stereocenters. The minimum atomic E-state index is -0.0734. The highest BCUT2D eigenvalue weighted by molar-refractivity contribution is 5.76. The molecule has 0 aromatic carbocycles. The van der Waals surface area contributed by atoms with Crippen molar-refractivity contribution in [2.45, 2.75) is 77.3 Å². The first kappa shape index (κ1) is 18.4. The molecule has 25 heavy (non-hydrogen) atoms. The van der Waals surface area contributed by atoms with E-state index in [0.29, 0.717) is 18.4 Å². The molecule has 1 saturated heterocycles. The zero-order valence-corrected chi connectivity index (χ0v) is 15.8. The van der Waals surface area contributed by atoms with Gasteiger partial charge >= 0.3 is 0 Å². The summed E-state index contributed by atoms with van der Waals surface area (Å²) < 4.78 is 2.18. The molecule has 6 nitrogen and oxygen atoms in total. The van der Waals surface area contributed by atoms with E-state index in [1.807, 2.05) is 13.3 Å². The molecular formula is C19H33N5O. The van der Waals surface area contributed by atoms with Crippen LogP contribution in [-0.2, 0) is 4.79 Å². The fraction of sp³-hybridized carbons (Fsp3) is 0.842. The highest BCUT2D eigenvalue weighted by Gasteiger charge is 2.25. The van der Waals surface area contributed by atoms with Gasteiger partial charge in [0.25, 0.3) is 0 Å². The molecular weight excluding hydrogens is 314 g/mol. The van der Waals surface area contributed by atoms with Gasteiger partial charge in [-0.15, -0.1) is 10.2 Å². The van der Waals surface area contributed by atoms with Gasteiger partial charge in [0.2, 0.25) is 5.91 Å². The quantitative estimate of drug-likeness (QED) is 0.823. The third-order valence-electron chi connectivity index (χ3n) is 5.80. The van der Waals surface area contributed by atoms with E-state index in [0.717, 1.165) is 31.8 Å². The molecule has 1 aliphatic carbocycles. The molecule has 2 aliphatic rings. The number of amides is 1. The summed E-state index contributed by atoms with van der Waals surface area (Å²) in [6.07, 6.45) is 10.9. The number of likely N-dealkylation sites (tertiary alicyclic amines) is 1. The number of rotatable bonds is 7. The van der Waals surface area contributed by atoms with Crippen molar-refractivity contribution in [3.63, 3.8) is 0 Å². The number of hydrogen-bond acceptors (Lipinski definition) is 4. The van der Waals surface area contributed by atoms with Crippen molar-refractivity contribution in [1.82, 2.24) is 25.0 Å². The van der Waals surface area contributed by atoms with Crippen LogP contribution in [0.3, 0.4) is 0 Å². The normalized spacial score (nSPS) is 21.5. The Morgan fingerprint density at radius 1 is 1.28 bits per heavy atom. The molecule has 0 spiro atoms. The minimum absolute atomic E-state index is 0.0734. The van der Waals surface area contributed by atoms with Gasteiger partial charge in [-0.05, 0) is 64.6 Å². The maximum atomic E-state index is 12.5. The average molecular weight is 348 g/mol. The van der Waals surface area contributed by atoms with Crippen molar-refractivity contribution in [1.29, 1.82) is 0 Å². The van der Waals surface area contributed by atoms with E-state index in [1.54, 1.807) is 0 Å². The molecule has 2 fully saturated rings. The lowest BCUT2D eigenvalue weighted by Gasteiger charge is -2.31. The predicted octanol–water partition coefficient (Wildman–Crippen LogP) is 3.08. The molecule has 3 rings (SSSR count). The monoisotopic (exact) mass is 347 g/mol. The zero-order valence-electron chi connectivity index (χ0n) is 15.8. The van der Waals surface area contributed by atoms with Crippen molar-refractivity contribution in [3.8, 4) is 0 Å².